The van der Waals surface area contributed by atoms with Crippen molar-refractivity contribution in [3.63, 3.8) is 0 Å². The molecule has 0 amide bonds. The Kier molecular flexibility index (Phi) is 3.86. The molecule has 2 aromatic rings. The van der Waals surface area contributed by atoms with E-state index in [9.17, 15) is 4.79 Å². The van der Waals surface area contributed by atoms with Gasteiger partial charge >= 0.3 is 5.97 Å². The van der Waals surface area contributed by atoms with Crippen LogP contribution in [0.3, 0.4) is 0 Å². The summed E-state index contributed by atoms with van der Waals surface area (Å²) in [5.41, 5.74) is 1.57. The molecule has 2 rings (SSSR count). The lowest BCUT2D eigenvalue weighted by Gasteiger charge is -2.06. The van der Waals surface area contributed by atoms with E-state index in [1.165, 1.54) is 18.4 Å². The minimum Gasteiger partial charge on any atom is -0.468 e. The minimum atomic E-state index is -0.332. The van der Waals surface area contributed by atoms with Crippen LogP contribution in [0.2, 0.25) is 5.15 Å². The normalized spacial score (nSPS) is 10.5. The average Bonchev–Trinajstić information content (AvgIpc) is 2.68. The molecule has 0 aliphatic carbocycles. The number of methoxy groups -OCH3 is 1. The average molecular weight is 336 g/mol. The molecular weight excluding hydrogens is 328 g/mol. The number of carbonyl (C=O) groups is 1. The maximum Gasteiger partial charge on any atom is 0.325 e. The zero-order valence-corrected chi connectivity index (χ0v) is 11.9. The van der Waals surface area contributed by atoms with Gasteiger partial charge in [-0.15, -0.1) is 11.3 Å². The van der Waals surface area contributed by atoms with Crippen LogP contribution in [0.1, 0.15) is 0 Å². The van der Waals surface area contributed by atoms with Gasteiger partial charge in [0, 0.05) is 11.4 Å². The van der Waals surface area contributed by atoms with Gasteiger partial charge < -0.3 is 10.1 Å². The maximum absolute atomic E-state index is 11.1. The van der Waals surface area contributed by atoms with Crippen molar-refractivity contribution in [2.45, 2.75) is 0 Å². The van der Waals surface area contributed by atoms with Crippen LogP contribution in [0.5, 0.6) is 0 Å². The van der Waals surface area contributed by atoms with Crippen molar-refractivity contribution in [2.24, 2.45) is 0 Å². The highest BCUT2D eigenvalue weighted by Crippen LogP contribution is 2.35. The standard InChI is InChI=1S/C10H8BrClN2O2S/c1-16-8(15)3-13-6-2-7(12)14-9-5(11)4-17-10(6)9/h2,4H,3H2,1H3,(H,13,14). The largest absolute Gasteiger partial charge is 0.468 e. The Hall–Kier alpha value is -0.850. The Bertz CT molecular complexity index is 573. The van der Waals surface area contributed by atoms with Crippen molar-refractivity contribution in [3.8, 4) is 0 Å². The second kappa shape index (κ2) is 5.20. The highest BCUT2D eigenvalue weighted by molar-refractivity contribution is 9.10. The first-order valence-corrected chi connectivity index (χ1v) is 6.71. The van der Waals surface area contributed by atoms with E-state index in [0.29, 0.717) is 5.15 Å². The lowest BCUT2D eigenvalue weighted by Crippen LogP contribution is -2.15. The number of ether oxygens (including phenoxy) is 1. The first-order chi connectivity index (χ1) is 8.11. The summed E-state index contributed by atoms with van der Waals surface area (Å²) in [4.78, 5) is 15.3. The van der Waals surface area contributed by atoms with Crippen molar-refractivity contribution in [1.29, 1.82) is 0 Å². The van der Waals surface area contributed by atoms with Gasteiger partial charge in [0.2, 0.25) is 0 Å². The van der Waals surface area contributed by atoms with Gasteiger partial charge in [0.1, 0.15) is 11.7 Å². The fraction of sp³-hybridized carbons (Fsp3) is 0.200. The van der Waals surface area contributed by atoms with Gasteiger partial charge in [-0.1, -0.05) is 11.6 Å². The van der Waals surface area contributed by atoms with Gasteiger partial charge in [-0.25, -0.2) is 4.98 Å². The summed E-state index contributed by atoms with van der Waals surface area (Å²) in [7, 11) is 1.35. The first kappa shape index (κ1) is 12.6. The highest BCUT2D eigenvalue weighted by Gasteiger charge is 2.10. The molecular formula is C10H8BrClN2O2S. The number of aromatic nitrogens is 1. The summed E-state index contributed by atoms with van der Waals surface area (Å²) in [6, 6.07) is 1.69. The topological polar surface area (TPSA) is 51.2 Å². The molecule has 17 heavy (non-hydrogen) atoms. The molecule has 0 fully saturated rings. The van der Waals surface area contributed by atoms with Gasteiger partial charge in [-0.2, -0.15) is 0 Å². The van der Waals surface area contributed by atoms with E-state index in [1.54, 1.807) is 6.07 Å². The number of thiophene rings is 1. The number of hydrogen-bond acceptors (Lipinski definition) is 5. The van der Waals surface area contributed by atoms with E-state index in [1.807, 2.05) is 5.38 Å². The lowest BCUT2D eigenvalue weighted by molar-refractivity contribution is -0.138. The van der Waals surface area contributed by atoms with E-state index < -0.39 is 0 Å². The molecule has 0 saturated carbocycles. The van der Waals surface area contributed by atoms with Crippen molar-refractivity contribution < 1.29 is 9.53 Å². The van der Waals surface area contributed by atoms with Crippen LogP contribution in [-0.4, -0.2) is 24.6 Å². The number of hydrogen-bond donors (Lipinski definition) is 1. The summed E-state index contributed by atoms with van der Waals surface area (Å²) >= 11 is 10.8. The third-order valence-electron chi connectivity index (χ3n) is 2.10. The smallest absolute Gasteiger partial charge is 0.325 e. The molecule has 1 N–H and O–H groups in total. The predicted molar refractivity (Wildman–Crippen MR) is 72.8 cm³/mol. The Morgan fingerprint density at radius 1 is 1.71 bits per heavy atom. The molecule has 0 radical (unpaired) electrons. The van der Waals surface area contributed by atoms with E-state index >= 15 is 0 Å². The number of carbonyl (C=O) groups excluding carboxylic acids is 1. The second-order valence-corrected chi connectivity index (χ2v) is 5.30. The number of pyridine rings is 1. The summed E-state index contributed by atoms with van der Waals surface area (Å²) in [5, 5.41) is 5.29. The molecule has 2 heterocycles. The summed E-state index contributed by atoms with van der Waals surface area (Å²) in [5.74, 6) is -0.332. The quantitative estimate of drug-likeness (QED) is 0.691. The van der Waals surface area contributed by atoms with Crippen molar-refractivity contribution >= 4 is 60.7 Å². The Morgan fingerprint density at radius 2 is 2.47 bits per heavy atom. The Morgan fingerprint density at radius 3 is 3.18 bits per heavy atom. The fourth-order valence-corrected chi connectivity index (χ4v) is 3.07. The number of halogens is 2. The Balaban J connectivity index is 2.36. The van der Waals surface area contributed by atoms with Crippen LogP contribution in [0, 0.1) is 0 Å². The third kappa shape index (κ3) is 2.70. The molecule has 0 aliphatic heterocycles. The number of rotatable bonds is 3. The van der Waals surface area contributed by atoms with Crippen LogP contribution < -0.4 is 5.32 Å². The van der Waals surface area contributed by atoms with E-state index in [-0.39, 0.29) is 12.5 Å². The zero-order chi connectivity index (χ0) is 12.4. The van der Waals surface area contributed by atoms with Gasteiger partial charge in [0.15, 0.2) is 0 Å². The summed E-state index contributed by atoms with van der Waals surface area (Å²) in [6.45, 7) is 0.0987. The molecule has 0 atom stereocenters. The van der Waals surface area contributed by atoms with E-state index in [0.717, 1.165) is 20.4 Å². The van der Waals surface area contributed by atoms with Crippen LogP contribution in [0.4, 0.5) is 5.69 Å². The molecule has 0 unspecified atom stereocenters. The molecule has 0 aliphatic rings. The number of nitrogens with zero attached hydrogens (tertiary/aromatic N) is 1. The van der Waals surface area contributed by atoms with Crippen LogP contribution in [0.15, 0.2) is 15.9 Å². The summed E-state index contributed by atoms with van der Waals surface area (Å²) in [6.07, 6.45) is 0. The van der Waals surface area contributed by atoms with Gasteiger partial charge in [0.05, 0.1) is 27.5 Å². The van der Waals surface area contributed by atoms with E-state index in [4.69, 9.17) is 11.6 Å². The van der Waals surface area contributed by atoms with Crippen LogP contribution in [-0.2, 0) is 9.53 Å². The van der Waals surface area contributed by atoms with Crippen molar-refractivity contribution in [3.05, 3.63) is 21.1 Å². The minimum absolute atomic E-state index is 0.0987. The number of esters is 1. The molecule has 0 bridgehead atoms. The number of anilines is 1. The number of nitrogens with one attached hydrogen (secondary N) is 1. The first-order valence-electron chi connectivity index (χ1n) is 4.65. The molecule has 90 valence electrons. The lowest BCUT2D eigenvalue weighted by atomic mass is 10.3. The van der Waals surface area contributed by atoms with Gasteiger partial charge in [0.25, 0.3) is 0 Å². The van der Waals surface area contributed by atoms with Crippen molar-refractivity contribution in [1.82, 2.24) is 4.98 Å². The van der Waals surface area contributed by atoms with Gasteiger partial charge in [-0.3, -0.25) is 4.79 Å². The monoisotopic (exact) mass is 334 g/mol. The molecule has 0 saturated heterocycles. The zero-order valence-electron chi connectivity index (χ0n) is 8.79. The molecule has 0 spiro atoms. The van der Waals surface area contributed by atoms with Crippen molar-refractivity contribution in [2.75, 3.05) is 19.0 Å². The van der Waals surface area contributed by atoms with Gasteiger partial charge in [-0.05, 0) is 15.9 Å². The third-order valence-corrected chi connectivity index (χ3v) is 4.20. The van der Waals surface area contributed by atoms with Crippen LogP contribution >= 0.6 is 38.9 Å². The predicted octanol–water partition coefficient (Wildman–Crippen LogP) is 3.30. The maximum atomic E-state index is 11.1. The molecule has 2 aromatic heterocycles. The highest BCUT2D eigenvalue weighted by atomic mass is 79.9. The second-order valence-electron chi connectivity index (χ2n) is 3.18. The molecule has 7 heteroatoms. The Labute approximate surface area is 115 Å². The fourth-order valence-electron chi connectivity index (χ4n) is 1.32. The number of fused-ring (bicyclic) bond motifs is 1. The molecule has 4 nitrogen and oxygen atoms in total. The van der Waals surface area contributed by atoms with E-state index in [2.05, 4.69) is 31.0 Å². The summed E-state index contributed by atoms with van der Waals surface area (Å²) < 4.78 is 6.40. The molecule has 0 aromatic carbocycles. The van der Waals surface area contributed by atoms with Crippen LogP contribution in [0.25, 0.3) is 10.2 Å². The SMILES string of the molecule is COC(=O)CNc1cc(Cl)nc2c(Br)csc12.